The summed E-state index contributed by atoms with van der Waals surface area (Å²) in [5, 5.41) is 3.33. The van der Waals surface area contributed by atoms with Crippen molar-refractivity contribution in [2.24, 2.45) is 29.1 Å². The fourth-order valence-electron chi connectivity index (χ4n) is 7.52. The van der Waals surface area contributed by atoms with Gasteiger partial charge in [-0.15, -0.1) is 0 Å². The predicted molar refractivity (Wildman–Crippen MR) is 126 cm³/mol. The van der Waals surface area contributed by atoms with Crippen molar-refractivity contribution in [3.05, 3.63) is 30.1 Å². The Morgan fingerprint density at radius 3 is 2.27 bits per heavy atom. The highest BCUT2D eigenvalue weighted by Crippen LogP contribution is 2.61. The largest absolute Gasteiger partial charge is 0.353 e. The van der Waals surface area contributed by atoms with Gasteiger partial charge < -0.3 is 5.32 Å². The zero-order valence-electron chi connectivity index (χ0n) is 19.7. The van der Waals surface area contributed by atoms with E-state index >= 15 is 0 Å². The molecule has 0 unspecified atom stereocenters. The standard InChI is InChI=1S/C25H36FN3O3S/c1-17(25-13-18-10-19(14-25)12-20(11-18)15-25)27-24(30)21-4-3-9-29(16-21)33(31,32)28(2)23-7-5-22(26)6-8-23/h5-8,17-21H,3-4,9-16H2,1-2H3,(H,27,30)/t17-,18?,19?,20?,21+,25?/m0/s1. The van der Waals surface area contributed by atoms with Crippen LogP contribution in [0.25, 0.3) is 0 Å². The molecule has 4 bridgehead atoms. The minimum Gasteiger partial charge on any atom is -0.353 e. The summed E-state index contributed by atoms with van der Waals surface area (Å²) in [5.41, 5.74) is 0.631. The molecule has 5 aliphatic rings. The second-order valence-corrected chi connectivity index (χ2v) is 13.1. The van der Waals surface area contributed by atoms with E-state index in [9.17, 15) is 17.6 Å². The quantitative estimate of drug-likeness (QED) is 0.675. The van der Waals surface area contributed by atoms with Crippen LogP contribution in [0.15, 0.2) is 24.3 Å². The molecule has 4 saturated carbocycles. The lowest BCUT2D eigenvalue weighted by Crippen LogP contribution is -2.57. The number of nitrogens with one attached hydrogen (secondary N) is 1. The van der Waals surface area contributed by atoms with Crippen LogP contribution in [-0.2, 0) is 15.0 Å². The molecule has 0 aromatic heterocycles. The molecule has 6 rings (SSSR count). The summed E-state index contributed by atoms with van der Waals surface area (Å²) in [6.07, 6.45) is 9.16. The van der Waals surface area contributed by atoms with Crippen molar-refractivity contribution >= 4 is 21.8 Å². The number of hydrogen-bond donors (Lipinski definition) is 1. The molecule has 4 aliphatic carbocycles. The van der Waals surface area contributed by atoms with Crippen LogP contribution in [-0.4, -0.2) is 44.8 Å². The maximum absolute atomic E-state index is 13.3. The molecule has 1 aromatic carbocycles. The molecule has 1 saturated heterocycles. The Kier molecular flexibility index (Phi) is 5.96. The van der Waals surface area contributed by atoms with Crippen LogP contribution in [0.3, 0.4) is 0 Å². The zero-order valence-corrected chi connectivity index (χ0v) is 20.5. The second-order valence-electron chi connectivity index (χ2n) is 11.2. The highest BCUT2D eigenvalue weighted by Gasteiger charge is 2.53. The number of nitrogens with zero attached hydrogens (tertiary/aromatic N) is 2. The molecule has 2 atom stereocenters. The van der Waals surface area contributed by atoms with Crippen LogP contribution < -0.4 is 9.62 Å². The number of hydrogen-bond acceptors (Lipinski definition) is 3. The number of piperidine rings is 1. The Morgan fingerprint density at radius 2 is 1.70 bits per heavy atom. The van der Waals surface area contributed by atoms with Crippen LogP contribution in [0.5, 0.6) is 0 Å². The van der Waals surface area contributed by atoms with E-state index in [2.05, 4.69) is 12.2 Å². The van der Waals surface area contributed by atoms with Crippen LogP contribution in [0, 0.1) is 34.9 Å². The average molecular weight is 478 g/mol. The third kappa shape index (κ3) is 4.29. The Morgan fingerprint density at radius 1 is 1.12 bits per heavy atom. The van der Waals surface area contributed by atoms with Gasteiger partial charge in [0, 0.05) is 26.2 Å². The first-order valence-electron chi connectivity index (χ1n) is 12.5. The summed E-state index contributed by atoms with van der Waals surface area (Å²) < 4.78 is 42.3. The van der Waals surface area contributed by atoms with Crippen LogP contribution in [0.1, 0.15) is 58.3 Å². The highest BCUT2D eigenvalue weighted by atomic mass is 32.2. The van der Waals surface area contributed by atoms with Gasteiger partial charge in [-0.2, -0.15) is 12.7 Å². The first kappa shape index (κ1) is 23.1. The lowest BCUT2D eigenvalue weighted by molar-refractivity contribution is -0.130. The van der Waals surface area contributed by atoms with Crippen molar-refractivity contribution in [3.8, 4) is 0 Å². The summed E-state index contributed by atoms with van der Waals surface area (Å²) in [7, 11) is -2.32. The Labute approximate surface area is 197 Å². The van der Waals surface area contributed by atoms with Gasteiger partial charge in [0.25, 0.3) is 0 Å². The van der Waals surface area contributed by atoms with Gasteiger partial charge in [0.15, 0.2) is 0 Å². The summed E-state index contributed by atoms with van der Waals surface area (Å²) in [6, 6.07) is 5.54. The number of benzene rings is 1. The molecule has 1 aromatic rings. The SMILES string of the molecule is C[C@H](NC(=O)[C@@H]1CCCN(S(=O)(=O)N(C)c2ccc(F)cc2)C1)C12CC3CC(CC(C3)C1)C2. The molecule has 1 amide bonds. The number of carbonyl (C=O) groups excluding carboxylic acids is 1. The predicted octanol–water partition coefficient (Wildman–Crippen LogP) is 3.94. The maximum Gasteiger partial charge on any atom is 0.303 e. The molecule has 0 radical (unpaired) electrons. The molecule has 8 heteroatoms. The summed E-state index contributed by atoms with van der Waals surface area (Å²) in [4.78, 5) is 13.3. The second kappa shape index (κ2) is 8.52. The van der Waals surface area contributed by atoms with Crippen LogP contribution >= 0.6 is 0 Å². The fourth-order valence-corrected chi connectivity index (χ4v) is 8.98. The molecule has 5 fully saturated rings. The summed E-state index contributed by atoms with van der Waals surface area (Å²) in [6.45, 7) is 2.75. The Bertz CT molecular complexity index is 961. The van der Waals surface area contributed by atoms with E-state index in [0.717, 1.165) is 17.8 Å². The third-order valence-corrected chi connectivity index (χ3v) is 10.9. The van der Waals surface area contributed by atoms with Gasteiger partial charge in [0.1, 0.15) is 5.82 Å². The highest BCUT2D eigenvalue weighted by molar-refractivity contribution is 7.90. The van der Waals surface area contributed by atoms with Gasteiger partial charge in [-0.3, -0.25) is 9.10 Å². The number of rotatable bonds is 6. The van der Waals surface area contributed by atoms with Gasteiger partial charge in [0.05, 0.1) is 11.6 Å². The van der Waals surface area contributed by atoms with Crippen molar-refractivity contribution in [1.29, 1.82) is 0 Å². The van der Waals surface area contributed by atoms with Crippen molar-refractivity contribution in [2.45, 2.75) is 64.3 Å². The third-order valence-electron chi connectivity index (χ3n) is 8.98. The topological polar surface area (TPSA) is 69.7 Å². The average Bonchev–Trinajstić information content (AvgIpc) is 2.78. The van der Waals surface area contributed by atoms with E-state index in [4.69, 9.17) is 0 Å². The molecule has 6 nitrogen and oxygen atoms in total. The number of carbonyl (C=O) groups is 1. The maximum atomic E-state index is 13.3. The number of anilines is 1. The molecule has 1 aliphatic heterocycles. The lowest BCUT2D eigenvalue weighted by atomic mass is 9.48. The monoisotopic (exact) mass is 477 g/mol. The minimum absolute atomic E-state index is 0.0115. The van der Waals surface area contributed by atoms with Gasteiger partial charge in [-0.1, -0.05) is 0 Å². The fraction of sp³-hybridized carbons (Fsp3) is 0.720. The van der Waals surface area contributed by atoms with Crippen molar-refractivity contribution in [2.75, 3.05) is 24.4 Å². The van der Waals surface area contributed by atoms with Gasteiger partial charge >= 0.3 is 10.2 Å². The molecule has 33 heavy (non-hydrogen) atoms. The van der Waals surface area contributed by atoms with Crippen molar-refractivity contribution in [3.63, 3.8) is 0 Å². The summed E-state index contributed by atoms with van der Waals surface area (Å²) >= 11 is 0. The first-order chi connectivity index (χ1) is 15.7. The van der Waals surface area contributed by atoms with Crippen molar-refractivity contribution in [1.82, 2.24) is 9.62 Å². The first-order valence-corrected chi connectivity index (χ1v) is 13.9. The van der Waals surface area contributed by atoms with Crippen LogP contribution in [0.2, 0.25) is 0 Å². The zero-order chi connectivity index (χ0) is 23.4. The molecule has 0 spiro atoms. The van der Waals surface area contributed by atoms with Gasteiger partial charge in [0.2, 0.25) is 5.91 Å². The van der Waals surface area contributed by atoms with E-state index < -0.39 is 16.0 Å². The van der Waals surface area contributed by atoms with E-state index in [1.54, 1.807) is 0 Å². The minimum atomic E-state index is -3.80. The molecule has 1 heterocycles. The smallest absolute Gasteiger partial charge is 0.303 e. The Balaban J connectivity index is 1.24. The lowest BCUT2D eigenvalue weighted by Gasteiger charge is -2.59. The Hall–Kier alpha value is -1.67. The van der Waals surface area contributed by atoms with E-state index in [0.29, 0.717) is 25.1 Å². The number of halogens is 1. The van der Waals surface area contributed by atoms with Crippen molar-refractivity contribution < 1.29 is 17.6 Å². The van der Waals surface area contributed by atoms with Crippen LogP contribution in [0.4, 0.5) is 10.1 Å². The molecule has 1 N–H and O–H groups in total. The number of amides is 1. The van der Waals surface area contributed by atoms with E-state index in [1.807, 2.05) is 0 Å². The van der Waals surface area contributed by atoms with E-state index in [-0.39, 0.29) is 29.8 Å². The molecular weight excluding hydrogens is 441 g/mol. The summed E-state index contributed by atoms with van der Waals surface area (Å²) in [5.74, 6) is 1.72. The van der Waals surface area contributed by atoms with E-state index in [1.165, 1.54) is 78.4 Å². The van der Waals surface area contributed by atoms with Gasteiger partial charge in [-0.25, -0.2) is 4.39 Å². The normalized spacial score (nSPS) is 34.8. The van der Waals surface area contributed by atoms with Gasteiger partial charge in [-0.05, 0) is 106 Å². The molecule has 182 valence electrons. The molecular formula is C25H36FN3O3S.